The van der Waals surface area contributed by atoms with Crippen LogP contribution in [0.1, 0.15) is 0 Å². The van der Waals surface area contributed by atoms with Gasteiger partial charge in [0.25, 0.3) is 0 Å². The molecule has 0 atom stereocenters. The molecular weight excluding hydrogens is 347 g/mol. The first-order chi connectivity index (χ1) is 13.8. The van der Waals surface area contributed by atoms with Gasteiger partial charge in [-0.2, -0.15) is 10.0 Å². The van der Waals surface area contributed by atoms with Gasteiger partial charge in [-0.05, 0) is 5.30 Å². The molecule has 7 aliphatic heterocycles. The van der Waals surface area contributed by atoms with Crippen LogP contribution in [-0.4, -0.2) is 149 Å². The molecule has 0 aromatic rings. The molecule has 0 aromatic heterocycles. The van der Waals surface area contributed by atoms with E-state index in [0.717, 1.165) is 0 Å². The van der Waals surface area contributed by atoms with E-state index in [2.05, 4.69) is 28.7 Å². The van der Waals surface area contributed by atoms with E-state index in [-0.39, 0.29) is 36.2 Å². The normalized spacial score (nSPS) is 24.6. The average Bonchev–Trinajstić information content (AvgIpc) is 3.34. The van der Waals surface area contributed by atoms with E-state index in [0.29, 0.717) is 13.0 Å². The molecule has 7 fully saturated rings. The van der Waals surface area contributed by atoms with E-state index in [4.69, 9.17) is 29.9 Å². The second-order valence-electron chi connectivity index (χ2n) is 9.40. The Morgan fingerprint density at radius 3 is 1.48 bits per heavy atom. The molecule has 14 radical (unpaired) electrons. The Kier molecular flexibility index (Phi) is 3.47. The van der Waals surface area contributed by atoms with Gasteiger partial charge in [0, 0.05) is 89.3 Å². The standard InChI is InChI=1S/C6B18O5/c7-3(8,19(4-9-20(4)10-4)5-11-21(5)12-5)28-1(25)27-2(26)29-6(22-13-14-22,23-15-16-23)24-17-18-24. The molecule has 0 aliphatic carbocycles. The van der Waals surface area contributed by atoms with Crippen LogP contribution in [0.5, 0.6) is 0 Å². The quantitative estimate of drug-likeness (QED) is 0.248. The van der Waals surface area contributed by atoms with E-state index in [1.807, 2.05) is 42.4 Å². The molecule has 23 heteroatoms. The Morgan fingerprint density at radius 2 is 1.14 bits per heavy atom. The molecule has 7 heterocycles. The van der Waals surface area contributed by atoms with Crippen LogP contribution in [0.15, 0.2) is 0 Å². The zero-order chi connectivity index (χ0) is 19.8. The number of fused-ring (bicyclic) bond motifs is 2. The molecule has 0 aromatic carbocycles. The minimum atomic E-state index is -1.75. The Bertz CT molecular complexity index is 754. The highest BCUT2D eigenvalue weighted by Crippen LogP contribution is 2.74. The van der Waals surface area contributed by atoms with Crippen molar-refractivity contribution < 1.29 is 23.8 Å². The molecule has 0 unspecified atom stereocenters. The van der Waals surface area contributed by atoms with Crippen molar-refractivity contribution in [1.82, 2.24) is 0 Å². The van der Waals surface area contributed by atoms with Gasteiger partial charge in [0.2, 0.25) is 0 Å². The third kappa shape index (κ3) is 2.73. The van der Waals surface area contributed by atoms with Crippen molar-refractivity contribution in [3.63, 3.8) is 0 Å². The molecule has 0 amide bonds. The Hall–Kier alpha value is -0.0912. The van der Waals surface area contributed by atoms with E-state index in [1.54, 1.807) is 0 Å². The summed E-state index contributed by atoms with van der Waals surface area (Å²) in [4.78, 5) is 24.8. The number of hydrogen-bond acceptors (Lipinski definition) is 5. The maximum Gasteiger partial charge on any atom is 0.516 e. The van der Waals surface area contributed by atoms with Crippen molar-refractivity contribution in [2.24, 2.45) is 0 Å². The lowest BCUT2D eigenvalue weighted by atomic mass is 9.03. The number of hydrogen-bond donors (Lipinski definition) is 0. The van der Waals surface area contributed by atoms with E-state index in [1.165, 1.54) is 0 Å². The van der Waals surface area contributed by atoms with E-state index >= 15 is 0 Å². The van der Waals surface area contributed by atoms with Gasteiger partial charge in [-0.1, -0.05) is 0 Å². The minimum absolute atomic E-state index is 0.0252. The molecule has 29 heavy (non-hydrogen) atoms. The third-order valence-corrected chi connectivity index (χ3v) is 7.45. The monoisotopic (exact) mass is 350 g/mol. The highest BCUT2D eigenvalue weighted by Gasteiger charge is 2.87. The van der Waals surface area contributed by atoms with Crippen molar-refractivity contribution in [3.8, 4) is 0 Å². The summed E-state index contributed by atoms with van der Waals surface area (Å²) in [6.45, 7) is 0.560. The molecule has 0 saturated carbocycles. The maximum atomic E-state index is 12.4. The lowest BCUT2D eigenvalue weighted by Crippen LogP contribution is -2.60. The SMILES string of the molecule is [B]C([B])(OC(=O)OC(=O)OC(B1[B][B]1)(B1[B][B]1)B1[B][B]1)B(C12[B]B1[B]2)C12[B]B1[B]2. The predicted octanol–water partition coefficient (Wildman–Crippen LogP) is -6.63. The first-order valence-corrected chi connectivity index (χ1v) is 10.0. The highest BCUT2D eigenvalue weighted by atomic mass is 16.8. The first kappa shape index (κ1) is 18.5. The first-order valence-electron chi connectivity index (χ1n) is 10.0. The average molecular weight is 347 g/mol. The summed E-state index contributed by atoms with van der Waals surface area (Å²) in [6, 6.07) is 0. The number of rotatable bonds is 8. The summed E-state index contributed by atoms with van der Waals surface area (Å²) in [7, 11) is 32.9. The summed E-state index contributed by atoms with van der Waals surface area (Å²) in [5, 5.41) is -2.85. The lowest BCUT2D eigenvalue weighted by molar-refractivity contribution is 0.0315. The summed E-state index contributed by atoms with van der Waals surface area (Å²) in [5.74, 6) is 0. The van der Waals surface area contributed by atoms with Crippen LogP contribution in [-0.2, 0) is 14.2 Å². The summed E-state index contributed by atoms with van der Waals surface area (Å²) >= 11 is 0. The smallest absolute Gasteiger partial charge is 0.457 e. The van der Waals surface area contributed by atoms with E-state index < -0.39 is 22.9 Å². The fourth-order valence-corrected chi connectivity index (χ4v) is 5.40. The molecule has 7 aliphatic rings. The van der Waals surface area contributed by atoms with Crippen molar-refractivity contribution in [1.29, 1.82) is 0 Å². The Morgan fingerprint density at radius 1 is 0.759 bits per heavy atom. The van der Waals surface area contributed by atoms with Gasteiger partial charge >= 0.3 is 12.3 Å². The highest BCUT2D eigenvalue weighted by molar-refractivity contribution is 7.99. The van der Waals surface area contributed by atoms with Gasteiger partial charge in [0.1, 0.15) is 22.4 Å². The second-order valence-corrected chi connectivity index (χ2v) is 9.40. The molecule has 0 N–H and O–H groups in total. The number of carbonyl (C=O) groups is 2. The zero-order valence-electron chi connectivity index (χ0n) is 15.4. The number of ether oxygens (including phenoxy) is 3. The fraction of sp³-hybridized carbons (Fsp3) is 0.667. The minimum Gasteiger partial charge on any atom is -0.457 e. The zero-order valence-corrected chi connectivity index (χ0v) is 15.4. The topological polar surface area (TPSA) is 61.8 Å². The lowest BCUT2D eigenvalue weighted by Gasteiger charge is -2.40. The molecule has 7 rings (SSSR count). The summed E-state index contributed by atoms with van der Waals surface area (Å²) in [5.41, 5.74) is 0. The van der Waals surface area contributed by atoms with Crippen LogP contribution in [0, 0.1) is 0 Å². The van der Waals surface area contributed by atoms with Crippen LogP contribution < -0.4 is 0 Å². The van der Waals surface area contributed by atoms with Crippen molar-refractivity contribution in [2.75, 3.05) is 0 Å². The third-order valence-electron chi connectivity index (χ3n) is 7.45. The van der Waals surface area contributed by atoms with Crippen molar-refractivity contribution in [3.05, 3.63) is 0 Å². The molecule has 0 bridgehead atoms. The molecular formula is C6B18O5. The van der Waals surface area contributed by atoms with Gasteiger partial charge in [-0.3, -0.25) is 0 Å². The fourth-order valence-electron chi connectivity index (χ4n) is 5.40. The van der Waals surface area contributed by atoms with Gasteiger partial charge in [0.15, 0.2) is 0 Å². The van der Waals surface area contributed by atoms with Crippen LogP contribution in [0.25, 0.3) is 0 Å². The molecule has 108 valence electrons. The van der Waals surface area contributed by atoms with Gasteiger partial charge in [-0.15, -0.1) is 0 Å². The number of carbonyl (C=O) groups excluding carboxylic acids is 2. The van der Waals surface area contributed by atoms with Crippen LogP contribution >= 0.6 is 0 Å². The van der Waals surface area contributed by atoms with Crippen LogP contribution in [0.3, 0.4) is 0 Å². The summed E-state index contributed by atoms with van der Waals surface area (Å²) in [6.07, 6.45) is -2.34. The molecule has 5 nitrogen and oxygen atoms in total. The van der Waals surface area contributed by atoms with Crippen molar-refractivity contribution in [2.45, 2.75) is 20.6 Å². The van der Waals surface area contributed by atoms with Crippen LogP contribution in [0.2, 0.25) is 10.0 Å². The Balaban J connectivity index is 1.02. The Labute approximate surface area is 182 Å². The molecule has 7 saturated heterocycles. The summed E-state index contributed by atoms with van der Waals surface area (Å²) < 4.78 is 15.8. The molecule has 0 spiro atoms. The predicted molar refractivity (Wildman–Crippen MR) is 128 cm³/mol. The maximum absolute atomic E-state index is 12.4. The largest absolute Gasteiger partial charge is 0.516 e. The van der Waals surface area contributed by atoms with E-state index in [9.17, 15) is 9.59 Å². The second kappa shape index (κ2) is 5.45. The van der Waals surface area contributed by atoms with Gasteiger partial charge in [-0.25, -0.2) is 9.59 Å². The van der Waals surface area contributed by atoms with Crippen LogP contribution in [0.4, 0.5) is 9.59 Å². The van der Waals surface area contributed by atoms with Gasteiger partial charge in [0.05, 0.1) is 19.5 Å². The van der Waals surface area contributed by atoms with Crippen molar-refractivity contribution >= 4 is 138 Å². The van der Waals surface area contributed by atoms with Gasteiger partial charge < -0.3 is 14.2 Å².